The molecule has 1 saturated heterocycles. The van der Waals surface area contributed by atoms with E-state index in [2.05, 4.69) is 43.0 Å². The topological polar surface area (TPSA) is 23.6 Å². The van der Waals surface area contributed by atoms with Crippen LogP contribution < -0.4 is 4.90 Å². The molecule has 116 valence electrons. The molecule has 21 heavy (non-hydrogen) atoms. The maximum Gasteiger partial charge on any atom is 0.225 e. The van der Waals surface area contributed by atoms with Crippen molar-refractivity contribution in [2.24, 2.45) is 5.92 Å². The van der Waals surface area contributed by atoms with Crippen LogP contribution in [-0.2, 0) is 4.79 Å². The van der Waals surface area contributed by atoms with Gasteiger partial charge >= 0.3 is 0 Å². The minimum absolute atomic E-state index is 0.0781. The summed E-state index contributed by atoms with van der Waals surface area (Å²) in [6, 6.07) is 9.20. The number of hydrogen-bond acceptors (Lipinski definition) is 2. The molecule has 0 bridgehead atoms. The molecular formula is C18H28N2O. The van der Waals surface area contributed by atoms with E-state index in [1.807, 2.05) is 25.8 Å². The predicted molar refractivity (Wildman–Crippen MR) is 88.8 cm³/mol. The molecule has 1 amide bonds. The summed E-state index contributed by atoms with van der Waals surface area (Å²) in [6.07, 6.45) is 1.06. The van der Waals surface area contributed by atoms with Gasteiger partial charge in [0.1, 0.15) is 0 Å². The van der Waals surface area contributed by atoms with Gasteiger partial charge in [-0.25, -0.2) is 0 Å². The van der Waals surface area contributed by atoms with Gasteiger partial charge < -0.3 is 9.80 Å². The summed E-state index contributed by atoms with van der Waals surface area (Å²) in [5.74, 6) is 0.895. The van der Waals surface area contributed by atoms with Gasteiger partial charge in [-0.05, 0) is 30.0 Å². The fourth-order valence-corrected chi connectivity index (χ4v) is 2.95. The number of carbonyl (C=O) groups is 1. The minimum atomic E-state index is 0.0781. The minimum Gasteiger partial charge on any atom is -0.369 e. The summed E-state index contributed by atoms with van der Waals surface area (Å²) in [5, 5.41) is 0. The van der Waals surface area contributed by atoms with Crippen LogP contribution in [-0.4, -0.2) is 37.0 Å². The van der Waals surface area contributed by atoms with Gasteiger partial charge in [0.05, 0.1) is 6.04 Å². The zero-order chi connectivity index (χ0) is 15.6. The Labute approximate surface area is 128 Å². The number of amides is 1. The summed E-state index contributed by atoms with van der Waals surface area (Å²) in [7, 11) is 1.94. The fraction of sp³-hybridized carbons (Fsp3) is 0.611. The maximum absolute atomic E-state index is 12.1. The first kappa shape index (κ1) is 15.9. The zero-order valence-electron chi connectivity index (χ0n) is 14.0. The van der Waals surface area contributed by atoms with Gasteiger partial charge in [-0.15, -0.1) is 0 Å². The van der Waals surface area contributed by atoms with E-state index in [0.717, 1.165) is 19.5 Å². The number of carbonyl (C=O) groups excluding carboxylic acids is 1. The Hall–Kier alpha value is -1.51. The molecule has 1 aliphatic heterocycles. The highest BCUT2D eigenvalue weighted by Crippen LogP contribution is 2.25. The Morgan fingerprint density at radius 3 is 2.33 bits per heavy atom. The lowest BCUT2D eigenvalue weighted by molar-refractivity contribution is -0.134. The third-order valence-corrected chi connectivity index (χ3v) is 4.48. The number of rotatable bonds is 4. The second-order valence-corrected chi connectivity index (χ2v) is 6.74. The molecule has 0 N–H and O–H groups in total. The molecule has 1 atom stereocenters. The Morgan fingerprint density at radius 1 is 1.19 bits per heavy atom. The van der Waals surface area contributed by atoms with Gasteiger partial charge in [-0.1, -0.05) is 39.8 Å². The van der Waals surface area contributed by atoms with Crippen molar-refractivity contribution in [3.05, 3.63) is 29.8 Å². The van der Waals surface area contributed by atoms with Crippen LogP contribution in [0.1, 0.15) is 45.6 Å². The average Bonchev–Trinajstić information content (AvgIpc) is 2.95. The highest BCUT2D eigenvalue weighted by molar-refractivity contribution is 5.78. The van der Waals surface area contributed by atoms with Crippen molar-refractivity contribution in [1.29, 1.82) is 0 Å². The van der Waals surface area contributed by atoms with Gasteiger partial charge in [0.25, 0.3) is 0 Å². The lowest BCUT2D eigenvalue weighted by Crippen LogP contribution is -2.41. The molecule has 0 aliphatic carbocycles. The van der Waals surface area contributed by atoms with E-state index < -0.39 is 0 Å². The molecule has 3 heteroatoms. The van der Waals surface area contributed by atoms with Crippen molar-refractivity contribution in [3.8, 4) is 0 Å². The van der Waals surface area contributed by atoms with Crippen molar-refractivity contribution in [3.63, 3.8) is 0 Å². The largest absolute Gasteiger partial charge is 0.369 e. The van der Waals surface area contributed by atoms with Crippen LogP contribution in [0.3, 0.4) is 0 Å². The van der Waals surface area contributed by atoms with Crippen molar-refractivity contribution in [2.75, 3.05) is 25.0 Å². The maximum atomic E-state index is 12.1. The second kappa shape index (κ2) is 6.50. The highest BCUT2D eigenvalue weighted by atomic mass is 16.2. The number of anilines is 1. The molecule has 1 fully saturated rings. The monoisotopic (exact) mass is 288 g/mol. The first-order valence-electron chi connectivity index (χ1n) is 8.01. The third kappa shape index (κ3) is 3.58. The normalized spacial score (nSPS) is 18.6. The zero-order valence-corrected chi connectivity index (χ0v) is 14.0. The molecule has 0 radical (unpaired) electrons. The number of hydrogen-bond donors (Lipinski definition) is 0. The standard InChI is InChI=1S/C18H28N2O/c1-13(2)15-6-8-16(9-7-15)20-11-10-17(12-20)19(5)18(21)14(3)4/h6-9,13-14,17H,10-12H2,1-5H3. The summed E-state index contributed by atoms with van der Waals surface area (Å²) >= 11 is 0. The first-order valence-corrected chi connectivity index (χ1v) is 8.01. The molecule has 1 heterocycles. The van der Waals surface area contributed by atoms with Gasteiger partial charge in [-0.3, -0.25) is 4.79 Å². The van der Waals surface area contributed by atoms with Crippen LogP contribution in [0.2, 0.25) is 0 Å². The molecule has 1 aliphatic rings. The smallest absolute Gasteiger partial charge is 0.225 e. The van der Waals surface area contributed by atoms with Crippen molar-refractivity contribution >= 4 is 11.6 Å². The predicted octanol–water partition coefficient (Wildman–Crippen LogP) is 3.50. The number of nitrogens with zero attached hydrogens (tertiary/aromatic N) is 2. The Balaban J connectivity index is 2.00. The molecule has 0 spiro atoms. The van der Waals surface area contributed by atoms with Gasteiger partial charge in [0.15, 0.2) is 0 Å². The van der Waals surface area contributed by atoms with Gasteiger partial charge in [0.2, 0.25) is 5.91 Å². The Morgan fingerprint density at radius 2 is 1.81 bits per heavy atom. The van der Waals surface area contributed by atoms with Crippen molar-refractivity contribution in [2.45, 2.75) is 46.1 Å². The van der Waals surface area contributed by atoms with Crippen molar-refractivity contribution < 1.29 is 4.79 Å². The van der Waals surface area contributed by atoms with Gasteiger partial charge in [-0.2, -0.15) is 0 Å². The fourth-order valence-electron chi connectivity index (χ4n) is 2.95. The molecule has 0 aromatic heterocycles. The van der Waals surface area contributed by atoms with Crippen LogP contribution in [0.4, 0.5) is 5.69 Å². The number of likely N-dealkylation sites (N-methyl/N-ethyl adjacent to an activating group) is 1. The van der Waals surface area contributed by atoms with E-state index >= 15 is 0 Å². The summed E-state index contributed by atoms with van der Waals surface area (Å²) in [5.41, 5.74) is 2.65. The van der Waals surface area contributed by atoms with Gasteiger partial charge in [0, 0.05) is 31.7 Å². The van der Waals surface area contributed by atoms with E-state index in [4.69, 9.17) is 0 Å². The summed E-state index contributed by atoms with van der Waals surface area (Å²) in [6.45, 7) is 10.3. The second-order valence-electron chi connectivity index (χ2n) is 6.74. The van der Waals surface area contributed by atoms with Crippen LogP contribution in [0.5, 0.6) is 0 Å². The highest BCUT2D eigenvalue weighted by Gasteiger charge is 2.29. The molecular weight excluding hydrogens is 260 g/mol. The molecule has 0 saturated carbocycles. The van der Waals surface area contributed by atoms with E-state index in [9.17, 15) is 4.79 Å². The lowest BCUT2D eigenvalue weighted by atomic mass is 10.0. The summed E-state index contributed by atoms with van der Waals surface area (Å²) < 4.78 is 0. The Kier molecular flexibility index (Phi) is 4.92. The Bertz CT molecular complexity index is 478. The van der Waals surface area contributed by atoms with E-state index in [0.29, 0.717) is 12.0 Å². The third-order valence-electron chi connectivity index (χ3n) is 4.48. The summed E-state index contributed by atoms with van der Waals surface area (Å²) in [4.78, 5) is 16.4. The van der Waals surface area contributed by atoms with Crippen LogP contribution in [0.25, 0.3) is 0 Å². The van der Waals surface area contributed by atoms with E-state index in [1.165, 1.54) is 11.3 Å². The molecule has 3 nitrogen and oxygen atoms in total. The van der Waals surface area contributed by atoms with Crippen LogP contribution >= 0.6 is 0 Å². The average molecular weight is 288 g/mol. The quantitative estimate of drug-likeness (QED) is 0.846. The van der Waals surface area contributed by atoms with E-state index in [1.54, 1.807) is 0 Å². The van der Waals surface area contributed by atoms with Crippen LogP contribution in [0, 0.1) is 5.92 Å². The number of benzene rings is 1. The molecule has 1 aromatic rings. The molecule has 2 rings (SSSR count). The molecule has 1 aromatic carbocycles. The lowest BCUT2D eigenvalue weighted by Gasteiger charge is -2.27. The molecule has 1 unspecified atom stereocenters. The first-order chi connectivity index (χ1) is 9.90. The van der Waals surface area contributed by atoms with Crippen molar-refractivity contribution in [1.82, 2.24) is 4.90 Å². The SMILES string of the molecule is CC(C)C(=O)N(C)C1CCN(c2ccc(C(C)C)cc2)C1. The van der Waals surface area contributed by atoms with Crippen LogP contribution in [0.15, 0.2) is 24.3 Å². The van der Waals surface area contributed by atoms with E-state index in [-0.39, 0.29) is 11.8 Å².